The van der Waals surface area contributed by atoms with Gasteiger partial charge in [-0.3, -0.25) is 14.5 Å². The number of nitrogens with zero attached hydrogens (tertiary/aromatic N) is 2. The molecule has 0 spiro atoms. The van der Waals surface area contributed by atoms with Crippen LogP contribution < -0.4 is 19.7 Å². The highest BCUT2D eigenvalue weighted by Crippen LogP contribution is 2.39. The molecule has 2 aromatic carbocycles. The van der Waals surface area contributed by atoms with Crippen LogP contribution in [0.4, 0.5) is 10.5 Å². The van der Waals surface area contributed by atoms with Gasteiger partial charge in [0.2, 0.25) is 5.91 Å². The second-order valence-corrected chi connectivity index (χ2v) is 10.0. The van der Waals surface area contributed by atoms with Crippen LogP contribution in [0.25, 0.3) is 0 Å². The molecule has 0 aliphatic carbocycles. The molecule has 4 amide bonds. The van der Waals surface area contributed by atoms with E-state index in [4.69, 9.17) is 9.47 Å². The lowest BCUT2D eigenvalue weighted by molar-refractivity contribution is -0.134. The Kier molecular flexibility index (Phi) is 5.44. The third-order valence-corrected chi connectivity index (χ3v) is 7.47. The molecule has 8 nitrogen and oxygen atoms in total. The van der Waals surface area contributed by atoms with E-state index in [1.54, 1.807) is 41.8 Å². The van der Waals surface area contributed by atoms with Crippen LogP contribution in [0.2, 0.25) is 0 Å². The number of anilines is 1. The lowest BCUT2D eigenvalue weighted by Crippen LogP contribution is -2.45. The number of thioether (sulfide) groups is 1. The Morgan fingerprint density at radius 1 is 1.15 bits per heavy atom. The van der Waals surface area contributed by atoms with Crippen molar-refractivity contribution in [3.05, 3.63) is 48.0 Å². The number of hydrogen-bond acceptors (Lipinski definition) is 6. The number of imide groups is 1. The molecule has 0 aromatic heterocycles. The van der Waals surface area contributed by atoms with Crippen LogP contribution in [0.3, 0.4) is 0 Å². The van der Waals surface area contributed by atoms with E-state index in [0.29, 0.717) is 42.1 Å². The maximum absolute atomic E-state index is 13.4. The van der Waals surface area contributed by atoms with E-state index in [2.05, 4.69) is 12.2 Å². The Morgan fingerprint density at radius 3 is 2.73 bits per heavy atom. The van der Waals surface area contributed by atoms with E-state index in [-0.39, 0.29) is 12.5 Å². The van der Waals surface area contributed by atoms with Crippen LogP contribution in [0.15, 0.2) is 47.4 Å². The zero-order valence-electron chi connectivity index (χ0n) is 18.5. The molecular weight excluding hydrogens is 442 g/mol. The first kappa shape index (κ1) is 21.6. The van der Waals surface area contributed by atoms with Gasteiger partial charge in [-0.25, -0.2) is 4.79 Å². The number of fused-ring (bicyclic) bond motifs is 2. The summed E-state index contributed by atoms with van der Waals surface area (Å²) in [4.78, 5) is 43.2. The molecule has 3 heterocycles. The molecule has 2 aromatic rings. The minimum atomic E-state index is -1.30. The number of rotatable bonds is 3. The quantitative estimate of drug-likeness (QED) is 0.698. The van der Waals surface area contributed by atoms with Crippen molar-refractivity contribution in [1.82, 2.24) is 10.2 Å². The van der Waals surface area contributed by atoms with E-state index in [0.717, 1.165) is 21.9 Å². The van der Waals surface area contributed by atoms with Crippen LogP contribution >= 0.6 is 11.8 Å². The Hall–Kier alpha value is -3.20. The van der Waals surface area contributed by atoms with Crippen molar-refractivity contribution in [2.45, 2.75) is 36.0 Å². The van der Waals surface area contributed by atoms with Crippen molar-refractivity contribution < 1.29 is 23.9 Å². The second kappa shape index (κ2) is 8.30. The van der Waals surface area contributed by atoms with Crippen molar-refractivity contribution in [2.75, 3.05) is 31.2 Å². The molecule has 3 aliphatic rings. The van der Waals surface area contributed by atoms with Gasteiger partial charge in [0.25, 0.3) is 5.91 Å². The molecule has 0 radical (unpaired) electrons. The van der Waals surface area contributed by atoms with Gasteiger partial charge in [-0.05, 0) is 43.2 Å². The largest absolute Gasteiger partial charge is 0.486 e. The molecule has 5 rings (SSSR count). The Balaban J connectivity index is 1.38. The van der Waals surface area contributed by atoms with E-state index < -0.39 is 17.5 Å². The van der Waals surface area contributed by atoms with Gasteiger partial charge < -0.3 is 19.7 Å². The molecule has 1 saturated heterocycles. The summed E-state index contributed by atoms with van der Waals surface area (Å²) in [5.41, 5.74) is 0.0951. The fourth-order valence-electron chi connectivity index (χ4n) is 4.36. The molecule has 3 aliphatic heterocycles. The number of para-hydroxylation sites is 1. The number of benzene rings is 2. The summed E-state index contributed by atoms with van der Waals surface area (Å²) in [6.07, 6.45) is 0.820. The normalized spacial score (nSPS) is 24.2. The van der Waals surface area contributed by atoms with Gasteiger partial charge in [0.15, 0.2) is 11.5 Å². The Morgan fingerprint density at radius 2 is 1.91 bits per heavy atom. The first-order valence-electron chi connectivity index (χ1n) is 11.0. The van der Waals surface area contributed by atoms with Gasteiger partial charge in [-0.1, -0.05) is 25.1 Å². The minimum Gasteiger partial charge on any atom is -0.486 e. The number of carbonyl (C=O) groups excluding carboxylic acids is 3. The van der Waals surface area contributed by atoms with Crippen LogP contribution in [0.5, 0.6) is 11.5 Å². The summed E-state index contributed by atoms with van der Waals surface area (Å²) in [7, 11) is 0. The van der Waals surface area contributed by atoms with E-state index in [9.17, 15) is 14.4 Å². The SMILES string of the molecule is CC1CCN(C(=O)CN2C(=O)NC(C)(c3ccc4c(c3)OCCO4)C2=O)c2ccccc2S1. The monoisotopic (exact) mass is 467 g/mol. The predicted molar refractivity (Wildman–Crippen MR) is 124 cm³/mol. The third kappa shape index (κ3) is 3.80. The van der Waals surface area contributed by atoms with Crippen LogP contribution in [-0.4, -0.2) is 54.3 Å². The van der Waals surface area contributed by atoms with Crippen molar-refractivity contribution in [2.24, 2.45) is 0 Å². The van der Waals surface area contributed by atoms with Crippen LogP contribution in [0, 0.1) is 0 Å². The van der Waals surface area contributed by atoms with E-state index in [1.807, 2.05) is 24.3 Å². The fraction of sp³-hybridized carbons (Fsp3) is 0.375. The molecule has 33 heavy (non-hydrogen) atoms. The molecule has 2 atom stereocenters. The molecule has 0 saturated carbocycles. The van der Waals surface area contributed by atoms with Gasteiger partial charge in [0, 0.05) is 16.7 Å². The molecular formula is C24H25N3O5S. The smallest absolute Gasteiger partial charge is 0.325 e. The standard InChI is InChI=1S/C24H25N3O5S/c1-15-9-10-26(17-5-3-4-6-20(17)33-15)21(28)14-27-22(29)24(2,25-23(27)30)16-7-8-18-19(13-16)32-12-11-31-18/h3-8,13,15H,9-12,14H2,1-2H3,(H,25,30). The van der Waals surface area contributed by atoms with Crippen molar-refractivity contribution in [1.29, 1.82) is 0 Å². The highest BCUT2D eigenvalue weighted by molar-refractivity contribution is 8.00. The van der Waals surface area contributed by atoms with E-state index in [1.165, 1.54) is 0 Å². The van der Waals surface area contributed by atoms with Gasteiger partial charge in [0.05, 0.1) is 5.69 Å². The Bertz CT molecular complexity index is 1140. The summed E-state index contributed by atoms with van der Waals surface area (Å²) in [6.45, 7) is 4.87. The average molecular weight is 468 g/mol. The van der Waals surface area contributed by atoms with Gasteiger partial charge in [-0.2, -0.15) is 0 Å². The second-order valence-electron chi connectivity index (χ2n) is 8.54. The number of ether oxygens (including phenoxy) is 2. The minimum absolute atomic E-state index is 0.285. The lowest BCUT2D eigenvalue weighted by Gasteiger charge is -2.26. The van der Waals surface area contributed by atoms with Crippen LogP contribution in [-0.2, 0) is 15.1 Å². The summed E-state index contributed by atoms with van der Waals surface area (Å²) in [5.74, 6) is 0.379. The molecule has 1 N–H and O–H groups in total. The number of amides is 4. The molecule has 2 unspecified atom stereocenters. The average Bonchev–Trinajstić information content (AvgIpc) is 2.94. The van der Waals surface area contributed by atoms with Crippen molar-refractivity contribution in [3.63, 3.8) is 0 Å². The van der Waals surface area contributed by atoms with Crippen LogP contribution in [0.1, 0.15) is 25.8 Å². The fourth-order valence-corrected chi connectivity index (χ4v) is 5.47. The first-order chi connectivity index (χ1) is 15.9. The van der Waals surface area contributed by atoms with Crippen molar-refractivity contribution >= 4 is 35.3 Å². The molecule has 1 fully saturated rings. The highest BCUT2D eigenvalue weighted by atomic mass is 32.2. The third-order valence-electron chi connectivity index (χ3n) is 6.23. The summed E-state index contributed by atoms with van der Waals surface area (Å²) < 4.78 is 11.2. The zero-order chi connectivity index (χ0) is 23.2. The number of urea groups is 1. The lowest BCUT2D eigenvalue weighted by atomic mass is 9.91. The molecule has 9 heteroatoms. The number of hydrogen-bond donors (Lipinski definition) is 1. The topological polar surface area (TPSA) is 88.2 Å². The maximum atomic E-state index is 13.4. The van der Waals surface area contributed by atoms with Gasteiger partial charge >= 0.3 is 6.03 Å². The van der Waals surface area contributed by atoms with Crippen molar-refractivity contribution in [3.8, 4) is 11.5 Å². The van der Waals surface area contributed by atoms with Gasteiger partial charge in [0.1, 0.15) is 25.3 Å². The number of nitrogens with one attached hydrogen (secondary N) is 1. The summed E-state index contributed by atoms with van der Waals surface area (Å²) in [6, 6.07) is 12.3. The summed E-state index contributed by atoms with van der Waals surface area (Å²) >= 11 is 1.73. The van der Waals surface area contributed by atoms with Gasteiger partial charge in [-0.15, -0.1) is 11.8 Å². The summed E-state index contributed by atoms with van der Waals surface area (Å²) in [5, 5.41) is 3.13. The highest BCUT2D eigenvalue weighted by Gasteiger charge is 2.50. The Labute approximate surface area is 196 Å². The maximum Gasteiger partial charge on any atom is 0.325 e. The molecule has 172 valence electrons. The first-order valence-corrected chi connectivity index (χ1v) is 11.8. The van der Waals surface area contributed by atoms with E-state index >= 15 is 0 Å². The predicted octanol–water partition coefficient (Wildman–Crippen LogP) is 3.14. The molecule has 0 bridgehead atoms. The zero-order valence-corrected chi connectivity index (χ0v) is 19.3. The number of carbonyl (C=O) groups is 3.